The minimum Gasteiger partial charge on any atom is -0.427 e. The standard InChI is InChI=1S/C21H28ClFN2O5S/c1-3-4-11-24(12-13-26)21(27)30-15-25(19-10-9-17(23)14-18(19)22)31(28,29)20-8-6-5-7-16(20)2/h7,9-10,13-14,20H,3-6,8,11-12,15H2,1-2H3. The number of carbonyl (C=O) groups is 2. The van der Waals surface area contributed by atoms with E-state index in [4.69, 9.17) is 16.3 Å². The lowest BCUT2D eigenvalue weighted by Gasteiger charge is -2.32. The fraction of sp³-hybridized carbons (Fsp3) is 0.524. The third kappa shape index (κ3) is 6.43. The van der Waals surface area contributed by atoms with Gasteiger partial charge in [-0.15, -0.1) is 0 Å². The van der Waals surface area contributed by atoms with Crippen molar-refractivity contribution < 1.29 is 27.1 Å². The Morgan fingerprint density at radius 1 is 1.39 bits per heavy atom. The average Bonchev–Trinajstić information content (AvgIpc) is 2.72. The maximum absolute atomic E-state index is 13.6. The van der Waals surface area contributed by atoms with Crippen molar-refractivity contribution in [3.05, 3.63) is 40.7 Å². The molecule has 1 unspecified atom stereocenters. The number of ether oxygens (including phenoxy) is 1. The molecule has 1 aliphatic carbocycles. The predicted molar refractivity (Wildman–Crippen MR) is 118 cm³/mol. The van der Waals surface area contributed by atoms with Gasteiger partial charge in [-0.05, 0) is 50.8 Å². The van der Waals surface area contributed by atoms with Crippen molar-refractivity contribution in [1.29, 1.82) is 0 Å². The van der Waals surface area contributed by atoms with Gasteiger partial charge in [0.15, 0.2) is 6.73 Å². The summed E-state index contributed by atoms with van der Waals surface area (Å²) in [5.74, 6) is -0.617. The van der Waals surface area contributed by atoms with Crippen molar-refractivity contribution >= 4 is 39.7 Å². The molecule has 1 atom stereocenters. The summed E-state index contributed by atoms with van der Waals surface area (Å²) in [4.78, 5) is 24.6. The highest BCUT2D eigenvalue weighted by atomic mass is 35.5. The van der Waals surface area contributed by atoms with E-state index in [0.717, 1.165) is 29.3 Å². The quantitative estimate of drug-likeness (QED) is 0.283. The van der Waals surface area contributed by atoms with Crippen LogP contribution in [-0.2, 0) is 19.6 Å². The summed E-state index contributed by atoms with van der Waals surface area (Å²) < 4.78 is 46.7. The first kappa shape index (κ1) is 25.1. The molecule has 0 heterocycles. The Balaban J connectivity index is 2.34. The Bertz CT molecular complexity index is 922. The van der Waals surface area contributed by atoms with Crippen molar-refractivity contribution in [2.45, 2.75) is 51.2 Å². The van der Waals surface area contributed by atoms with E-state index in [1.807, 2.05) is 13.0 Å². The number of aldehydes is 1. The van der Waals surface area contributed by atoms with E-state index in [1.165, 1.54) is 11.0 Å². The summed E-state index contributed by atoms with van der Waals surface area (Å²) in [6.07, 6.45) is 5.04. The summed E-state index contributed by atoms with van der Waals surface area (Å²) in [5.41, 5.74) is 0.719. The van der Waals surface area contributed by atoms with Gasteiger partial charge in [-0.3, -0.25) is 0 Å². The van der Waals surface area contributed by atoms with Gasteiger partial charge < -0.3 is 14.4 Å². The van der Waals surface area contributed by atoms with Gasteiger partial charge in [0.05, 0.1) is 17.3 Å². The summed E-state index contributed by atoms with van der Waals surface area (Å²) in [5, 5.41) is -0.917. The SMILES string of the molecule is CCCCN(CC=O)C(=O)OCN(c1ccc(F)cc1Cl)S(=O)(=O)C1CCCC=C1C. The molecule has 1 amide bonds. The van der Waals surface area contributed by atoms with Crippen LogP contribution in [0.4, 0.5) is 14.9 Å². The van der Waals surface area contributed by atoms with Crippen LogP contribution in [0.5, 0.6) is 0 Å². The number of hydrogen-bond acceptors (Lipinski definition) is 5. The zero-order valence-electron chi connectivity index (χ0n) is 17.7. The van der Waals surface area contributed by atoms with Crippen LogP contribution in [0.3, 0.4) is 0 Å². The van der Waals surface area contributed by atoms with E-state index in [0.29, 0.717) is 37.7 Å². The van der Waals surface area contributed by atoms with E-state index in [2.05, 4.69) is 0 Å². The first-order valence-corrected chi connectivity index (χ1v) is 12.1. The summed E-state index contributed by atoms with van der Waals surface area (Å²) in [7, 11) is -4.02. The lowest BCUT2D eigenvalue weighted by Crippen LogP contribution is -2.44. The minimum absolute atomic E-state index is 0.0183. The molecule has 0 aromatic heterocycles. The lowest BCUT2D eigenvalue weighted by molar-refractivity contribution is -0.108. The summed E-state index contributed by atoms with van der Waals surface area (Å²) in [6, 6.07) is 3.34. The molecular weight excluding hydrogens is 447 g/mol. The second-order valence-corrected chi connectivity index (χ2v) is 9.81. The molecule has 2 rings (SSSR count). The Labute approximate surface area is 187 Å². The molecule has 10 heteroatoms. The maximum atomic E-state index is 13.6. The average molecular weight is 475 g/mol. The number of halogens is 2. The van der Waals surface area contributed by atoms with E-state index in [1.54, 1.807) is 6.92 Å². The molecule has 0 saturated carbocycles. The number of allylic oxidation sites excluding steroid dienone is 1. The fourth-order valence-electron chi connectivity index (χ4n) is 3.39. The van der Waals surface area contributed by atoms with Crippen LogP contribution in [0, 0.1) is 5.82 Å². The molecule has 7 nitrogen and oxygen atoms in total. The number of sulfonamides is 1. The van der Waals surface area contributed by atoms with Crippen molar-refractivity contribution in [3.8, 4) is 0 Å². The third-order valence-corrected chi connectivity index (χ3v) is 7.68. The van der Waals surface area contributed by atoms with E-state index < -0.39 is 33.9 Å². The number of unbranched alkanes of at least 4 members (excludes halogenated alkanes) is 1. The summed E-state index contributed by atoms with van der Waals surface area (Å²) >= 11 is 6.14. The summed E-state index contributed by atoms with van der Waals surface area (Å²) in [6.45, 7) is 3.19. The molecule has 172 valence electrons. The number of hydrogen-bond donors (Lipinski definition) is 0. The van der Waals surface area contributed by atoms with Crippen LogP contribution >= 0.6 is 11.6 Å². The number of anilines is 1. The smallest absolute Gasteiger partial charge is 0.411 e. The minimum atomic E-state index is -4.02. The van der Waals surface area contributed by atoms with Crippen molar-refractivity contribution in [2.75, 3.05) is 24.1 Å². The molecule has 0 spiro atoms. The van der Waals surface area contributed by atoms with Crippen LogP contribution in [0.15, 0.2) is 29.8 Å². The number of amides is 1. The first-order valence-electron chi connectivity index (χ1n) is 10.2. The maximum Gasteiger partial charge on any atom is 0.411 e. The highest BCUT2D eigenvalue weighted by Crippen LogP contribution is 2.34. The highest BCUT2D eigenvalue weighted by molar-refractivity contribution is 7.93. The van der Waals surface area contributed by atoms with E-state index >= 15 is 0 Å². The number of nitrogens with zero attached hydrogens (tertiary/aromatic N) is 2. The van der Waals surface area contributed by atoms with Crippen LogP contribution < -0.4 is 4.31 Å². The molecular formula is C21H28ClFN2O5S. The monoisotopic (exact) mass is 474 g/mol. The molecule has 0 aliphatic heterocycles. The molecule has 0 N–H and O–H groups in total. The van der Waals surface area contributed by atoms with Gasteiger partial charge >= 0.3 is 6.09 Å². The van der Waals surface area contributed by atoms with Gasteiger partial charge in [-0.25, -0.2) is 21.9 Å². The number of rotatable bonds is 10. The second-order valence-electron chi connectivity index (χ2n) is 7.36. The van der Waals surface area contributed by atoms with Gasteiger partial charge in [-0.1, -0.05) is 36.6 Å². The predicted octanol–water partition coefficient (Wildman–Crippen LogP) is 4.51. The van der Waals surface area contributed by atoms with Gasteiger partial charge in [0, 0.05) is 6.54 Å². The number of benzene rings is 1. The van der Waals surface area contributed by atoms with Crippen LogP contribution in [0.2, 0.25) is 5.02 Å². The van der Waals surface area contributed by atoms with Gasteiger partial charge in [0.2, 0.25) is 10.0 Å². The largest absolute Gasteiger partial charge is 0.427 e. The zero-order chi connectivity index (χ0) is 23.0. The normalized spacial score (nSPS) is 16.4. The fourth-order valence-corrected chi connectivity index (χ4v) is 5.68. The Morgan fingerprint density at radius 3 is 2.74 bits per heavy atom. The molecule has 31 heavy (non-hydrogen) atoms. The highest BCUT2D eigenvalue weighted by Gasteiger charge is 2.36. The van der Waals surface area contributed by atoms with Gasteiger partial charge in [-0.2, -0.15) is 0 Å². The topological polar surface area (TPSA) is 84.0 Å². The van der Waals surface area contributed by atoms with Crippen LogP contribution in [0.1, 0.15) is 46.0 Å². The Kier molecular flexibility index (Phi) is 9.31. The molecule has 1 aromatic rings. The Morgan fingerprint density at radius 2 is 2.13 bits per heavy atom. The lowest BCUT2D eigenvalue weighted by atomic mass is 10.0. The molecule has 0 saturated heterocycles. The number of carbonyl (C=O) groups excluding carboxylic acids is 2. The van der Waals surface area contributed by atoms with Gasteiger partial charge in [0.1, 0.15) is 17.4 Å². The van der Waals surface area contributed by atoms with Crippen LogP contribution in [-0.4, -0.2) is 50.8 Å². The van der Waals surface area contributed by atoms with Crippen molar-refractivity contribution in [1.82, 2.24) is 4.90 Å². The Hall–Kier alpha value is -2.13. The molecule has 1 aliphatic rings. The van der Waals surface area contributed by atoms with E-state index in [9.17, 15) is 22.4 Å². The van der Waals surface area contributed by atoms with Crippen molar-refractivity contribution in [3.63, 3.8) is 0 Å². The van der Waals surface area contributed by atoms with Crippen LogP contribution in [0.25, 0.3) is 0 Å². The zero-order valence-corrected chi connectivity index (χ0v) is 19.3. The first-order chi connectivity index (χ1) is 14.7. The third-order valence-electron chi connectivity index (χ3n) is 5.13. The molecule has 0 fully saturated rings. The second kappa shape index (κ2) is 11.5. The van der Waals surface area contributed by atoms with Gasteiger partial charge in [0.25, 0.3) is 0 Å². The molecule has 0 radical (unpaired) electrons. The molecule has 1 aromatic carbocycles. The van der Waals surface area contributed by atoms with E-state index in [-0.39, 0.29) is 17.3 Å². The molecule has 0 bridgehead atoms. The van der Waals surface area contributed by atoms with Crippen molar-refractivity contribution in [2.24, 2.45) is 0 Å².